The molecule has 6 heteroatoms. The van der Waals surface area contributed by atoms with Crippen molar-refractivity contribution in [1.82, 2.24) is 4.98 Å². The van der Waals surface area contributed by atoms with E-state index in [4.69, 9.17) is 0 Å². The Hall–Kier alpha value is -1.77. The number of rotatable bonds is 1. The molecule has 1 saturated heterocycles. The van der Waals surface area contributed by atoms with Crippen molar-refractivity contribution in [3.8, 4) is 6.07 Å². The van der Waals surface area contributed by atoms with Gasteiger partial charge in [0.05, 0.1) is 11.5 Å². The highest BCUT2D eigenvalue weighted by Gasteiger charge is 2.42. The predicted octanol–water partition coefficient (Wildman–Crippen LogP) is 3.22. The molecule has 21 heavy (non-hydrogen) atoms. The van der Waals surface area contributed by atoms with Crippen LogP contribution < -0.4 is 4.90 Å². The summed E-state index contributed by atoms with van der Waals surface area (Å²) < 4.78 is 38.8. The van der Waals surface area contributed by atoms with Crippen LogP contribution in [0.4, 0.5) is 19.0 Å². The molecule has 2 aliphatic rings. The third kappa shape index (κ3) is 2.69. The first-order valence-corrected chi connectivity index (χ1v) is 7.23. The van der Waals surface area contributed by atoms with Crippen molar-refractivity contribution < 1.29 is 13.2 Å². The molecule has 2 heterocycles. The first-order chi connectivity index (χ1) is 9.99. The molecule has 3 nitrogen and oxygen atoms in total. The maximum absolute atomic E-state index is 12.9. The Morgan fingerprint density at radius 2 is 2.10 bits per heavy atom. The van der Waals surface area contributed by atoms with Gasteiger partial charge in [-0.1, -0.05) is 0 Å². The number of nitrogens with zero attached hydrogens (tertiary/aromatic N) is 3. The van der Waals surface area contributed by atoms with E-state index >= 15 is 0 Å². The number of aryl methyl sites for hydroxylation is 2. The Bertz CT molecular complexity index is 589. The van der Waals surface area contributed by atoms with E-state index in [2.05, 4.69) is 11.1 Å². The highest BCUT2D eigenvalue weighted by atomic mass is 19.4. The molecule has 1 aliphatic heterocycles. The Balaban J connectivity index is 1.91. The van der Waals surface area contributed by atoms with E-state index in [0.29, 0.717) is 24.3 Å². The number of hydrogen-bond acceptors (Lipinski definition) is 3. The summed E-state index contributed by atoms with van der Waals surface area (Å²) in [6.45, 7) is 0.441. The number of nitriles is 1. The van der Waals surface area contributed by atoms with Crippen LogP contribution in [0.1, 0.15) is 36.1 Å². The van der Waals surface area contributed by atoms with Gasteiger partial charge >= 0.3 is 6.18 Å². The molecule has 1 aromatic rings. The van der Waals surface area contributed by atoms with Gasteiger partial charge in [0.1, 0.15) is 11.9 Å². The Labute approximate surface area is 121 Å². The smallest absolute Gasteiger partial charge is 0.355 e. The summed E-state index contributed by atoms with van der Waals surface area (Å²) in [5, 5.41) is 9.27. The SMILES string of the molecule is N#Cc1cc2c(nc1N1CCC[C@H](C(F)(F)F)C1)CCC2. The summed E-state index contributed by atoms with van der Waals surface area (Å²) in [6.07, 6.45) is -0.780. The van der Waals surface area contributed by atoms with Crippen LogP contribution in [0.15, 0.2) is 6.07 Å². The van der Waals surface area contributed by atoms with E-state index < -0.39 is 12.1 Å². The van der Waals surface area contributed by atoms with Crippen LogP contribution in [0.2, 0.25) is 0 Å². The minimum atomic E-state index is -4.18. The highest BCUT2D eigenvalue weighted by Crippen LogP contribution is 2.36. The molecule has 0 unspecified atom stereocenters. The van der Waals surface area contributed by atoms with Crippen molar-refractivity contribution in [3.63, 3.8) is 0 Å². The van der Waals surface area contributed by atoms with Gasteiger partial charge in [-0.15, -0.1) is 0 Å². The van der Waals surface area contributed by atoms with Gasteiger partial charge in [-0.05, 0) is 43.7 Å². The van der Waals surface area contributed by atoms with Gasteiger partial charge in [-0.25, -0.2) is 4.98 Å². The van der Waals surface area contributed by atoms with E-state index in [0.717, 1.165) is 30.5 Å². The Kier molecular flexibility index (Phi) is 3.52. The van der Waals surface area contributed by atoms with Crippen molar-refractivity contribution in [3.05, 3.63) is 22.9 Å². The number of alkyl halides is 3. The van der Waals surface area contributed by atoms with Crippen molar-refractivity contribution in [2.24, 2.45) is 5.92 Å². The summed E-state index contributed by atoms with van der Waals surface area (Å²) in [6, 6.07) is 3.90. The first-order valence-electron chi connectivity index (χ1n) is 7.23. The van der Waals surface area contributed by atoms with Gasteiger partial charge in [-0.2, -0.15) is 18.4 Å². The third-order valence-corrected chi connectivity index (χ3v) is 4.33. The van der Waals surface area contributed by atoms with E-state index in [-0.39, 0.29) is 13.0 Å². The van der Waals surface area contributed by atoms with Crippen LogP contribution in [0.25, 0.3) is 0 Å². The second kappa shape index (κ2) is 5.21. The Morgan fingerprint density at radius 3 is 2.81 bits per heavy atom. The lowest BCUT2D eigenvalue weighted by Gasteiger charge is -2.35. The maximum atomic E-state index is 12.9. The van der Waals surface area contributed by atoms with Crippen LogP contribution in [0.3, 0.4) is 0 Å². The van der Waals surface area contributed by atoms with Crippen LogP contribution in [-0.2, 0) is 12.8 Å². The molecule has 0 bridgehead atoms. The van der Waals surface area contributed by atoms with Crippen molar-refractivity contribution in [2.75, 3.05) is 18.0 Å². The summed E-state index contributed by atoms with van der Waals surface area (Å²) in [4.78, 5) is 6.14. The summed E-state index contributed by atoms with van der Waals surface area (Å²) >= 11 is 0. The van der Waals surface area contributed by atoms with Crippen LogP contribution in [0, 0.1) is 17.2 Å². The molecular formula is C15H16F3N3. The van der Waals surface area contributed by atoms with Crippen molar-refractivity contribution in [1.29, 1.82) is 5.26 Å². The number of piperidine rings is 1. The van der Waals surface area contributed by atoms with Crippen LogP contribution in [0.5, 0.6) is 0 Å². The van der Waals surface area contributed by atoms with Crippen LogP contribution in [-0.4, -0.2) is 24.2 Å². The van der Waals surface area contributed by atoms with Gasteiger partial charge < -0.3 is 4.90 Å². The lowest BCUT2D eigenvalue weighted by atomic mass is 9.97. The first kappa shape index (κ1) is 14.2. The molecule has 1 aromatic heterocycles. The molecule has 112 valence electrons. The normalized spacial score (nSPS) is 22.0. The van der Waals surface area contributed by atoms with Gasteiger partial charge in [0.25, 0.3) is 0 Å². The van der Waals surface area contributed by atoms with Crippen molar-refractivity contribution in [2.45, 2.75) is 38.3 Å². The zero-order chi connectivity index (χ0) is 15.0. The third-order valence-electron chi connectivity index (χ3n) is 4.33. The largest absolute Gasteiger partial charge is 0.393 e. The maximum Gasteiger partial charge on any atom is 0.393 e. The number of hydrogen-bond donors (Lipinski definition) is 0. The van der Waals surface area contributed by atoms with Crippen molar-refractivity contribution >= 4 is 5.82 Å². The molecule has 3 rings (SSSR count). The molecular weight excluding hydrogens is 279 g/mol. The van der Waals surface area contributed by atoms with Gasteiger partial charge in [0, 0.05) is 18.8 Å². The minimum absolute atomic E-state index is 0.0933. The summed E-state index contributed by atoms with van der Waals surface area (Å²) in [5.74, 6) is -0.889. The van der Waals surface area contributed by atoms with Gasteiger partial charge in [0.2, 0.25) is 0 Å². The Morgan fingerprint density at radius 1 is 1.29 bits per heavy atom. The summed E-state index contributed by atoms with van der Waals surface area (Å²) in [7, 11) is 0. The van der Waals surface area contributed by atoms with E-state index in [9.17, 15) is 18.4 Å². The van der Waals surface area contributed by atoms with E-state index in [1.807, 2.05) is 6.07 Å². The molecule has 0 saturated carbocycles. The number of fused-ring (bicyclic) bond motifs is 1. The number of anilines is 1. The fourth-order valence-corrected chi connectivity index (χ4v) is 3.22. The highest BCUT2D eigenvalue weighted by molar-refractivity contribution is 5.57. The monoisotopic (exact) mass is 295 g/mol. The zero-order valence-corrected chi connectivity index (χ0v) is 11.6. The van der Waals surface area contributed by atoms with E-state index in [1.165, 1.54) is 0 Å². The number of aromatic nitrogens is 1. The minimum Gasteiger partial charge on any atom is -0.355 e. The molecule has 0 N–H and O–H groups in total. The molecule has 1 atom stereocenters. The fraction of sp³-hybridized carbons (Fsp3) is 0.600. The molecule has 0 amide bonds. The average molecular weight is 295 g/mol. The number of halogens is 3. The molecule has 0 aromatic carbocycles. The second-order valence-corrected chi connectivity index (χ2v) is 5.76. The quantitative estimate of drug-likeness (QED) is 0.798. The van der Waals surface area contributed by atoms with Crippen LogP contribution >= 0.6 is 0 Å². The molecule has 1 fully saturated rings. The average Bonchev–Trinajstić information content (AvgIpc) is 2.92. The predicted molar refractivity (Wildman–Crippen MR) is 72.0 cm³/mol. The summed E-state index contributed by atoms with van der Waals surface area (Å²) in [5.41, 5.74) is 2.41. The van der Waals surface area contributed by atoms with E-state index in [1.54, 1.807) is 4.90 Å². The lowest BCUT2D eigenvalue weighted by molar-refractivity contribution is -0.176. The lowest BCUT2D eigenvalue weighted by Crippen LogP contribution is -2.42. The van der Waals surface area contributed by atoms with Gasteiger partial charge in [0.15, 0.2) is 0 Å². The number of pyridine rings is 1. The molecule has 0 radical (unpaired) electrons. The molecule has 0 spiro atoms. The molecule has 1 aliphatic carbocycles. The zero-order valence-electron chi connectivity index (χ0n) is 11.6. The van der Waals surface area contributed by atoms with Gasteiger partial charge in [-0.3, -0.25) is 0 Å². The second-order valence-electron chi connectivity index (χ2n) is 5.76. The standard InChI is InChI=1S/C15H16F3N3/c16-15(17,18)12-4-2-6-21(9-12)14-11(8-19)7-10-3-1-5-13(10)20-14/h7,12H,1-6,9H2/t12-/m0/s1. The topological polar surface area (TPSA) is 39.9 Å². The fourth-order valence-electron chi connectivity index (χ4n) is 3.22.